The number of H-pyrrole nitrogens is 1. The van der Waals surface area contributed by atoms with Gasteiger partial charge in [0, 0.05) is 6.42 Å². The Labute approximate surface area is 103 Å². The monoisotopic (exact) mass is 254 g/mol. The van der Waals surface area contributed by atoms with Crippen molar-refractivity contribution in [1.82, 2.24) is 20.9 Å². The first-order valence-electron chi connectivity index (χ1n) is 5.61. The fourth-order valence-electron chi connectivity index (χ4n) is 2.02. The molecule has 98 valence electrons. The quantitative estimate of drug-likeness (QED) is 0.597. The number of rotatable bonds is 6. The molecular weight excluding hydrogens is 240 g/mol. The van der Waals surface area contributed by atoms with E-state index in [9.17, 15) is 9.59 Å². The van der Waals surface area contributed by atoms with Crippen LogP contribution in [0.2, 0.25) is 0 Å². The number of nitrogens with zero attached hydrogens (tertiary/aromatic N) is 2. The van der Waals surface area contributed by atoms with Crippen LogP contribution in [0.15, 0.2) is 6.20 Å². The van der Waals surface area contributed by atoms with Gasteiger partial charge in [-0.25, -0.2) is 10.3 Å². The molecule has 1 aliphatic rings. The average molecular weight is 254 g/mol. The summed E-state index contributed by atoms with van der Waals surface area (Å²) < 4.78 is 0. The summed E-state index contributed by atoms with van der Waals surface area (Å²) in [6.07, 6.45) is 4.49. The number of carbonyl (C=O) groups is 2. The molecule has 0 spiro atoms. The van der Waals surface area contributed by atoms with Crippen LogP contribution in [0.3, 0.4) is 0 Å². The van der Waals surface area contributed by atoms with Crippen LogP contribution in [0.1, 0.15) is 25.0 Å². The van der Waals surface area contributed by atoms with Crippen LogP contribution >= 0.6 is 0 Å². The molecule has 0 aromatic carbocycles. The maximum atomic E-state index is 12.0. The summed E-state index contributed by atoms with van der Waals surface area (Å²) in [7, 11) is 0. The highest BCUT2D eigenvalue weighted by molar-refractivity contribution is 5.83. The van der Waals surface area contributed by atoms with Crippen molar-refractivity contribution in [3.05, 3.63) is 11.9 Å². The Hall–Kier alpha value is -1.96. The lowest BCUT2D eigenvalue weighted by Gasteiger charge is -2.39. The Bertz CT molecular complexity index is 427. The maximum Gasteiger partial charge on any atom is 0.332 e. The van der Waals surface area contributed by atoms with Gasteiger partial charge in [-0.2, -0.15) is 15.4 Å². The molecule has 0 atom stereocenters. The van der Waals surface area contributed by atoms with Gasteiger partial charge >= 0.3 is 5.97 Å². The molecule has 1 heterocycles. The third kappa shape index (κ3) is 2.65. The first kappa shape index (κ1) is 12.5. The van der Waals surface area contributed by atoms with Crippen LogP contribution < -0.4 is 5.48 Å². The number of hydrogen-bond donors (Lipinski definition) is 3. The van der Waals surface area contributed by atoms with Gasteiger partial charge in [0.1, 0.15) is 0 Å². The second kappa shape index (κ2) is 5.13. The van der Waals surface area contributed by atoms with Gasteiger partial charge in [-0.15, -0.1) is 0 Å². The Morgan fingerprint density at radius 2 is 2.33 bits per heavy atom. The first-order chi connectivity index (χ1) is 8.62. The van der Waals surface area contributed by atoms with Crippen LogP contribution in [0.4, 0.5) is 0 Å². The summed E-state index contributed by atoms with van der Waals surface area (Å²) in [5, 5.41) is 18.5. The van der Waals surface area contributed by atoms with E-state index in [1.54, 1.807) is 6.20 Å². The predicted molar refractivity (Wildman–Crippen MR) is 58.1 cm³/mol. The van der Waals surface area contributed by atoms with E-state index in [1.807, 2.05) is 0 Å². The molecule has 1 fully saturated rings. The summed E-state index contributed by atoms with van der Waals surface area (Å²) >= 11 is 0. The fraction of sp³-hybridized carbons (Fsp3) is 0.600. The number of hydroxylamine groups is 1. The lowest BCUT2D eigenvalue weighted by molar-refractivity contribution is -0.156. The first-order valence-corrected chi connectivity index (χ1v) is 5.61. The highest BCUT2D eigenvalue weighted by Gasteiger charge is 2.44. The Kier molecular flexibility index (Phi) is 3.56. The summed E-state index contributed by atoms with van der Waals surface area (Å²) in [6.45, 7) is -0.550. The zero-order valence-corrected chi connectivity index (χ0v) is 9.68. The van der Waals surface area contributed by atoms with Crippen molar-refractivity contribution in [1.29, 1.82) is 0 Å². The zero-order valence-electron chi connectivity index (χ0n) is 9.68. The smallest absolute Gasteiger partial charge is 0.332 e. The highest BCUT2D eigenvalue weighted by atomic mass is 16.7. The number of aliphatic carboxylic acids is 1. The van der Waals surface area contributed by atoms with Crippen molar-refractivity contribution in [2.45, 2.75) is 25.7 Å². The van der Waals surface area contributed by atoms with Gasteiger partial charge < -0.3 is 5.11 Å². The van der Waals surface area contributed by atoms with E-state index >= 15 is 0 Å². The van der Waals surface area contributed by atoms with Gasteiger partial charge in [0.05, 0.1) is 17.3 Å². The number of aromatic nitrogens is 3. The van der Waals surface area contributed by atoms with Crippen molar-refractivity contribution >= 4 is 11.9 Å². The third-order valence-electron chi connectivity index (χ3n) is 3.14. The van der Waals surface area contributed by atoms with Crippen molar-refractivity contribution in [2.75, 3.05) is 6.61 Å². The van der Waals surface area contributed by atoms with Crippen molar-refractivity contribution < 1.29 is 19.5 Å². The van der Waals surface area contributed by atoms with Gasteiger partial charge in [0.15, 0.2) is 6.61 Å². The maximum absolute atomic E-state index is 12.0. The summed E-state index contributed by atoms with van der Waals surface area (Å²) in [5.74, 6) is -1.42. The minimum absolute atomic E-state index is 0.294. The molecule has 2 rings (SSSR count). The Morgan fingerprint density at radius 1 is 1.56 bits per heavy atom. The van der Waals surface area contributed by atoms with Gasteiger partial charge in [-0.3, -0.25) is 9.63 Å². The fourth-order valence-corrected chi connectivity index (χ4v) is 2.02. The lowest BCUT2D eigenvalue weighted by atomic mass is 9.65. The Balaban J connectivity index is 1.90. The molecule has 0 radical (unpaired) electrons. The average Bonchev–Trinajstić information content (AvgIpc) is 2.75. The van der Waals surface area contributed by atoms with E-state index in [1.165, 1.54) is 0 Å². The van der Waals surface area contributed by atoms with Crippen molar-refractivity contribution in [2.24, 2.45) is 5.41 Å². The minimum atomic E-state index is -1.13. The second-order valence-electron chi connectivity index (χ2n) is 4.39. The topological polar surface area (TPSA) is 117 Å². The summed E-state index contributed by atoms with van der Waals surface area (Å²) in [4.78, 5) is 26.9. The van der Waals surface area contributed by atoms with Crippen molar-refractivity contribution in [3.8, 4) is 0 Å². The van der Waals surface area contributed by atoms with E-state index < -0.39 is 18.0 Å². The summed E-state index contributed by atoms with van der Waals surface area (Å²) in [6, 6.07) is 0. The number of hydrogen-bond acceptors (Lipinski definition) is 5. The van der Waals surface area contributed by atoms with Crippen LogP contribution in [0, 0.1) is 5.41 Å². The zero-order chi connectivity index (χ0) is 13.0. The molecule has 1 amide bonds. The number of amides is 1. The Morgan fingerprint density at radius 3 is 2.83 bits per heavy atom. The molecule has 0 unspecified atom stereocenters. The lowest BCUT2D eigenvalue weighted by Crippen LogP contribution is -2.47. The van der Waals surface area contributed by atoms with E-state index in [0.717, 1.165) is 19.3 Å². The van der Waals surface area contributed by atoms with Gasteiger partial charge in [0.25, 0.3) is 0 Å². The van der Waals surface area contributed by atoms with Gasteiger partial charge in [0.2, 0.25) is 5.91 Å². The molecule has 8 heteroatoms. The molecule has 3 N–H and O–H groups in total. The largest absolute Gasteiger partial charge is 0.479 e. The van der Waals surface area contributed by atoms with Crippen LogP contribution in [-0.4, -0.2) is 39.0 Å². The number of carbonyl (C=O) groups excluding carboxylic acids is 1. The molecule has 8 nitrogen and oxygen atoms in total. The van der Waals surface area contributed by atoms with Gasteiger partial charge in [-0.05, 0) is 12.8 Å². The molecule has 0 bridgehead atoms. The molecular formula is C10H14N4O4. The number of nitrogens with one attached hydrogen (secondary N) is 2. The van der Waals surface area contributed by atoms with Gasteiger partial charge in [-0.1, -0.05) is 6.42 Å². The molecule has 1 aromatic rings. The van der Waals surface area contributed by atoms with E-state index in [2.05, 4.69) is 25.7 Å². The molecule has 1 saturated carbocycles. The molecule has 1 aromatic heterocycles. The minimum Gasteiger partial charge on any atom is -0.479 e. The number of carboxylic acid groups (broad SMARTS) is 1. The molecule has 0 aliphatic heterocycles. The van der Waals surface area contributed by atoms with Crippen LogP contribution in [0.25, 0.3) is 0 Å². The number of carboxylic acids is 1. The number of aromatic amines is 1. The summed E-state index contributed by atoms with van der Waals surface area (Å²) in [5.41, 5.74) is 2.36. The highest BCUT2D eigenvalue weighted by Crippen LogP contribution is 2.43. The van der Waals surface area contributed by atoms with Crippen LogP contribution in [-0.2, 0) is 20.8 Å². The second-order valence-corrected chi connectivity index (χ2v) is 4.39. The van der Waals surface area contributed by atoms with E-state index in [-0.39, 0.29) is 5.91 Å². The van der Waals surface area contributed by atoms with E-state index in [4.69, 9.17) is 5.11 Å². The SMILES string of the molecule is O=C(O)CONC(=O)C1(Cc2cn[nH]n2)CCC1. The molecule has 0 saturated heterocycles. The van der Waals surface area contributed by atoms with Crippen molar-refractivity contribution in [3.63, 3.8) is 0 Å². The predicted octanol–water partition coefficient (Wildman–Crippen LogP) is -0.350. The molecule has 1 aliphatic carbocycles. The van der Waals surface area contributed by atoms with E-state index in [0.29, 0.717) is 12.1 Å². The normalized spacial score (nSPS) is 16.9. The standard InChI is InChI=1S/C10H14N4O4/c15-8(16)6-18-13-9(17)10(2-1-3-10)4-7-5-11-14-12-7/h5H,1-4,6H2,(H,13,17)(H,15,16)(H,11,12,14). The molecule has 18 heavy (non-hydrogen) atoms. The van der Waals surface area contributed by atoms with Crippen LogP contribution in [0.5, 0.6) is 0 Å². The third-order valence-corrected chi connectivity index (χ3v) is 3.14.